The molecule has 114 valence electrons. The summed E-state index contributed by atoms with van der Waals surface area (Å²) >= 11 is 0. The number of hydrogen-bond donors (Lipinski definition) is 0. The summed E-state index contributed by atoms with van der Waals surface area (Å²) in [5.74, 6) is 0.213. The standard InChI is InChI=1S/C18H21N3O/c22-18(14-16-6-8-19-9-7-16)21-12-10-20(11-13-21)15-17-4-2-1-3-5-17/h1-9H,10-15H2. The number of benzene rings is 1. The molecule has 1 aromatic heterocycles. The lowest BCUT2D eigenvalue weighted by molar-refractivity contribution is -0.132. The van der Waals surface area contributed by atoms with Crippen LogP contribution in [0.15, 0.2) is 54.9 Å². The van der Waals surface area contributed by atoms with Crippen LogP contribution in [-0.2, 0) is 17.8 Å². The smallest absolute Gasteiger partial charge is 0.227 e. The van der Waals surface area contributed by atoms with Gasteiger partial charge >= 0.3 is 0 Å². The van der Waals surface area contributed by atoms with E-state index in [1.807, 2.05) is 23.1 Å². The molecule has 0 radical (unpaired) electrons. The first-order valence-corrected chi connectivity index (χ1v) is 7.74. The van der Waals surface area contributed by atoms with Gasteiger partial charge in [-0.2, -0.15) is 0 Å². The second-order valence-electron chi connectivity index (χ2n) is 5.67. The molecular weight excluding hydrogens is 274 g/mol. The number of piperazine rings is 1. The van der Waals surface area contributed by atoms with Gasteiger partial charge in [0.05, 0.1) is 6.42 Å². The van der Waals surface area contributed by atoms with E-state index in [0.717, 1.165) is 38.3 Å². The Morgan fingerprint density at radius 2 is 1.59 bits per heavy atom. The van der Waals surface area contributed by atoms with Crippen LogP contribution in [0.2, 0.25) is 0 Å². The third-order valence-electron chi connectivity index (χ3n) is 4.08. The molecule has 3 rings (SSSR count). The number of nitrogens with zero attached hydrogens (tertiary/aromatic N) is 3. The van der Waals surface area contributed by atoms with Crippen LogP contribution in [0.5, 0.6) is 0 Å². The number of hydrogen-bond acceptors (Lipinski definition) is 3. The van der Waals surface area contributed by atoms with E-state index in [-0.39, 0.29) is 5.91 Å². The first kappa shape index (κ1) is 14.7. The summed E-state index contributed by atoms with van der Waals surface area (Å²) < 4.78 is 0. The van der Waals surface area contributed by atoms with Crippen molar-refractivity contribution in [3.63, 3.8) is 0 Å². The SMILES string of the molecule is O=C(Cc1ccncc1)N1CCN(Cc2ccccc2)CC1. The molecule has 1 aliphatic rings. The first-order valence-electron chi connectivity index (χ1n) is 7.74. The maximum Gasteiger partial charge on any atom is 0.227 e. The van der Waals surface area contributed by atoms with Gasteiger partial charge in [0.25, 0.3) is 0 Å². The van der Waals surface area contributed by atoms with Crippen LogP contribution in [0.1, 0.15) is 11.1 Å². The Kier molecular flexibility index (Phi) is 4.81. The van der Waals surface area contributed by atoms with Gasteiger partial charge in [0.1, 0.15) is 0 Å². The van der Waals surface area contributed by atoms with E-state index < -0.39 is 0 Å². The molecule has 2 aromatic rings. The van der Waals surface area contributed by atoms with E-state index in [2.05, 4.69) is 34.1 Å². The normalized spacial score (nSPS) is 15.7. The summed E-state index contributed by atoms with van der Waals surface area (Å²) in [6, 6.07) is 14.3. The fourth-order valence-corrected chi connectivity index (χ4v) is 2.78. The number of amides is 1. The van der Waals surface area contributed by atoms with E-state index in [1.54, 1.807) is 12.4 Å². The van der Waals surface area contributed by atoms with Crippen molar-refractivity contribution in [1.82, 2.24) is 14.8 Å². The van der Waals surface area contributed by atoms with Crippen LogP contribution in [0.4, 0.5) is 0 Å². The number of aromatic nitrogens is 1. The summed E-state index contributed by atoms with van der Waals surface area (Å²) in [6.45, 7) is 4.48. The zero-order valence-corrected chi connectivity index (χ0v) is 12.7. The van der Waals surface area contributed by atoms with Gasteiger partial charge in [-0.3, -0.25) is 14.7 Å². The maximum atomic E-state index is 12.3. The molecular formula is C18H21N3O. The Morgan fingerprint density at radius 1 is 0.909 bits per heavy atom. The summed E-state index contributed by atoms with van der Waals surface area (Å²) in [7, 11) is 0. The van der Waals surface area contributed by atoms with Crippen LogP contribution in [0, 0.1) is 0 Å². The molecule has 0 atom stereocenters. The zero-order valence-electron chi connectivity index (χ0n) is 12.7. The molecule has 0 aliphatic carbocycles. The van der Waals surface area contributed by atoms with Gasteiger partial charge in [-0.1, -0.05) is 30.3 Å². The average molecular weight is 295 g/mol. The molecule has 22 heavy (non-hydrogen) atoms. The lowest BCUT2D eigenvalue weighted by Crippen LogP contribution is -2.48. The minimum absolute atomic E-state index is 0.213. The number of carbonyl (C=O) groups excluding carboxylic acids is 1. The van der Waals surface area contributed by atoms with Crippen LogP contribution in [-0.4, -0.2) is 46.9 Å². The van der Waals surface area contributed by atoms with Gasteiger partial charge in [0, 0.05) is 45.1 Å². The Bertz CT molecular complexity index is 592. The topological polar surface area (TPSA) is 36.4 Å². The van der Waals surface area contributed by atoms with Crippen molar-refractivity contribution >= 4 is 5.91 Å². The van der Waals surface area contributed by atoms with Crippen molar-refractivity contribution in [2.24, 2.45) is 0 Å². The predicted octanol–water partition coefficient (Wildman–Crippen LogP) is 1.97. The molecule has 1 fully saturated rings. The second kappa shape index (κ2) is 7.18. The third kappa shape index (κ3) is 3.92. The van der Waals surface area contributed by atoms with Crippen LogP contribution < -0.4 is 0 Å². The van der Waals surface area contributed by atoms with E-state index in [9.17, 15) is 4.79 Å². The van der Waals surface area contributed by atoms with Crippen LogP contribution >= 0.6 is 0 Å². The molecule has 0 unspecified atom stereocenters. The van der Waals surface area contributed by atoms with Gasteiger partial charge < -0.3 is 4.90 Å². The average Bonchev–Trinajstić information content (AvgIpc) is 2.57. The number of pyridine rings is 1. The Balaban J connectivity index is 1.48. The van der Waals surface area contributed by atoms with Gasteiger partial charge in [-0.25, -0.2) is 0 Å². The van der Waals surface area contributed by atoms with E-state index in [1.165, 1.54) is 5.56 Å². The van der Waals surface area contributed by atoms with E-state index in [4.69, 9.17) is 0 Å². The highest BCUT2D eigenvalue weighted by atomic mass is 16.2. The van der Waals surface area contributed by atoms with Crippen molar-refractivity contribution < 1.29 is 4.79 Å². The molecule has 0 N–H and O–H groups in total. The molecule has 4 heteroatoms. The van der Waals surface area contributed by atoms with Crippen molar-refractivity contribution in [3.05, 3.63) is 66.0 Å². The lowest BCUT2D eigenvalue weighted by Gasteiger charge is -2.34. The monoisotopic (exact) mass is 295 g/mol. The maximum absolute atomic E-state index is 12.3. The molecule has 1 aliphatic heterocycles. The minimum atomic E-state index is 0.213. The lowest BCUT2D eigenvalue weighted by atomic mass is 10.1. The van der Waals surface area contributed by atoms with Gasteiger partial charge in [0.15, 0.2) is 0 Å². The Morgan fingerprint density at radius 3 is 2.27 bits per heavy atom. The van der Waals surface area contributed by atoms with Crippen LogP contribution in [0.25, 0.3) is 0 Å². The summed E-state index contributed by atoms with van der Waals surface area (Å²) in [4.78, 5) is 20.7. The molecule has 1 saturated heterocycles. The number of rotatable bonds is 4. The third-order valence-corrected chi connectivity index (χ3v) is 4.08. The quantitative estimate of drug-likeness (QED) is 0.865. The molecule has 1 amide bonds. The van der Waals surface area contributed by atoms with Crippen molar-refractivity contribution in [2.45, 2.75) is 13.0 Å². The van der Waals surface area contributed by atoms with Crippen molar-refractivity contribution in [3.8, 4) is 0 Å². The van der Waals surface area contributed by atoms with Crippen LogP contribution in [0.3, 0.4) is 0 Å². The Labute approximate surface area is 131 Å². The van der Waals surface area contributed by atoms with E-state index in [0.29, 0.717) is 6.42 Å². The molecule has 0 spiro atoms. The highest BCUT2D eigenvalue weighted by molar-refractivity contribution is 5.78. The molecule has 0 saturated carbocycles. The van der Waals surface area contributed by atoms with Gasteiger partial charge in [0.2, 0.25) is 5.91 Å². The largest absolute Gasteiger partial charge is 0.340 e. The zero-order chi connectivity index (χ0) is 15.2. The molecule has 2 heterocycles. The summed E-state index contributed by atoms with van der Waals surface area (Å²) in [6.07, 6.45) is 3.95. The van der Waals surface area contributed by atoms with E-state index >= 15 is 0 Å². The number of carbonyl (C=O) groups is 1. The first-order chi connectivity index (χ1) is 10.8. The molecule has 1 aromatic carbocycles. The fraction of sp³-hybridized carbons (Fsp3) is 0.333. The Hall–Kier alpha value is -2.20. The molecule has 0 bridgehead atoms. The second-order valence-corrected chi connectivity index (χ2v) is 5.67. The fourth-order valence-electron chi connectivity index (χ4n) is 2.78. The highest BCUT2D eigenvalue weighted by Crippen LogP contribution is 2.10. The van der Waals surface area contributed by atoms with Crippen molar-refractivity contribution in [1.29, 1.82) is 0 Å². The summed E-state index contributed by atoms with van der Waals surface area (Å²) in [5, 5.41) is 0. The van der Waals surface area contributed by atoms with Crippen molar-refractivity contribution in [2.75, 3.05) is 26.2 Å². The minimum Gasteiger partial charge on any atom is -0.340 e. The predicted molar refractivity (Wildman–Crippen MR) is 86.2 cm³/mol. The highest BCUT2D eigenvalue weighted by Gasteiger charge is 2.21. The molecule has 4 nitrogen and oxygen atoms in total. The summed E-state index contributed by atoms with van der Waals surface area (Å²) in [5.41, 5.74) is 2.37. The van der Waals surface area contributed by atoms with Gasteiger partial charge in [-0.15, -0.1) is 0 Å². The van der Waals surface area contributed by atoms with Gasteiger partial charge in [-0.05, 0) is 23.3 Å².